The molecule has 126 valence electrons. The third-order valence-corrected chi connectivity index (χ3v) is 3.42. The smallest absolute Gasteiger partial charge is 0.286 e. The predicted molar refractivity (Wildman–Crippen MR) is 86.3 cm³/mol. The average molecular weight is 331 g/mol. The molecule has 2 rings (SSSR count). The number of carbonyl (C=O) groups is 1. The van der Waals surface area contributed by atoms with Gasteiger partial charge in [0.1, 0.15) is 5.56 Å². The Labute approximate surface area is 138 Å². The van der Waals surface area contributed by atoms with E-state index in [9.17, 15) is 14.9 Å². The Morgan fingerprint density at radius 2 is 1.92 bits per heavy atom. The number of amides is 1. The van der Waals surface area contributed by atoms with E-state index in [1.807, 2.05) is 0 Å². The molecule has 1 amide bonds. The second-order valence-corrected chi connectivity index (χ2v) is 4.93. The van der Waals surface area contributed by atoms with Crippen molar-refractivity contribution in [3.05, 3.63) is 57.9 Å². The van der Waals surface area contributed by atoms with E-state index in [-0.39, 0.29) is 22.7 Å². The van der Waals surface area contributed by atoms with E-state index in [0.29, 0.717) is 5.69 Å². The van der Waals surface area contributed by atoms with Crippen LogP contribution in [0.15, 0.2) is 36.5 Å². The van der Waals surface area contributed by atoms with Gasteiger partial charge in [-0.2, -0.15) is 0 Å². The molecular weight excluding hydrogens is 314 g/mol. The van der Waals surface area contributed by atoms with Gasteiger partial charge in [-0.15, -0.1) is 0 Å². The molecule has 0 aliphatic heterocycles. The first kappa shape index (κ1) is 17.2. The number of nitrogens with one attached hydrogen (secondary N) is 1. The number of benzene rings is 1. The van der Waals surface area contributed by atoms with Crippen LogP contribution < -0.4 is 14.8 Å². The highest BCUT2D eigenvalue weighted by molar-refractivity contribution is 5.99. The molecule has 0 radical (unpaired) electrons. The molecule has 0 saturated carbocycles. The van der Waals surface area contributed by atoms with Crippen LogP contribution in [0.3, 0.4) is 0 Å². The largest absolute Gasteiger partial charge is 0.493 e. The van der Waals surface area contributed by atoms with Crippen LogP contribution >= 0.6 is 0 Å². The number of aromatic nitrogens is 1. The summed E-state index contributed by atoms with van der Waals surface area (Å²) in [6.07, 6.45) is 1.61. The van der Waals surface area contributed by atoms with Crippen molar-refractivity contribution in [3.8, 4) is 11.5 Å². The van der Waals surface area contributed by atoms with Gasteiger partial charge in [-0.25, -0.2) is 0 Å². The Hall–Kier alpha value is -3.16. The second-order valence-electron chi connectivity index (χ2n) is 4.93. The lowest BCUT2D eigenvalue weighted by Gasteiger charge is -2.14. The zero-order valence-electron chi connectivity index (χ0n) is 13.5. The normalized spacial score (nSPS) is 11.5. The number of hydrogen-bond acceptors (Lipinski definition) is 6. The molecule has 1 heterocycles. The summed E-state index contributed by atoms with van der Waals surface area (Å²) in [4.78, 5) is 27.3. The summed E-state index contributed by atoms with van der Waals surface area (Å²) in [7, 11) is 2.76. The van der Waals surface area contributed by atoms with E-state index in [2.05, 4.69) is 10.3 Å². The van der Waals surface area contributed by atoms with E-state index in [0.717, 1.165) is 0 Å². The lowest BCUT2D eigenvalue weighted by molar-refractivity contribution is -0.385. The van der Waals surface area contributed by atoms with E-state index < -0.39 is 16.9 Å². The minimum absolute atomic E-state index is 0.111. The Balaban J connectivity index is 2.35. The zero-order valence-corrected chi connectivity index (χ0v) is 13.5. The average Bonchev–Trinajstić information content (AvgIpc) is 2.60. The number of pyridine rings is 1. The molecule has 0 saturated heterocycles. The molecule has 1 aromatic carbocycles. The van der Waals surface area contributed by atoms with Crippen molar-refractivity contribution in [3.63, 3.8) is 0 Å². The Kier molecular flexibility index (Phi) is 5.31. The number of hydrogen-bond donors (Lipinski definition) is 1. The first-order chi connectivity index (χ1) is 11.5. The molecule has 0 spiro atoms. The molecule has 2 aromatic rings. The van der Waals surface area contributed by atoms with Gasteiger partial charge in [0.2, 0.25) is 0 Å². The fraction of sp³-hybridized carbons (Fsp3) is 0.250. The van der Waals surface area contributed by atoms with Gasteiger partial charge >= 0.3 is 0 Å². The minimum atomic E-state index is -0.637. The van der Waals surface area contributed by atoms with Gasteiger partial charge in [0.25, 0.3) is 11.6 Å². The third-order valence-electron chi connectivity index (χ3n) is 3.42. The van der Waals surface area contributed by atoms with Crippen LogP contribution in [0.25, 0.3) is 0 Å². The van der Waals surface area contributed by atoms with Gasteiger partial charge in [0.05, 0.1) is 36.9 Å². The van der Waals surface area contributed by atoms with Crippen molar-refractivity contribution in [2.24, 2.45) is 0 Å². The highest BCUT2D eigenvalue weighted by Gasteiger charge is 2.25. The van der Waals surface area contributed by atoms with Crippen molar-refractivity contribution in [2.75, 3.05) is 14.2 Å². The number of carbonyl (C=O) groups excluding carboxylic acids is 1. The van der Waals surface area contributed by atoms with E-state index in [1.165, 1.54) is 26.4 Å². The number of nitro groups is 1. The quantitative estimate of drug-likeness (QED) is 0.644. The molecule has 0 fully saturated rings. The monoisotopic (exact) mass is 331 g/mol. The summed E-state index contributed by atoms with van der Waals surface area (Å²) in [6, 6.07) is 7.36. The van der Waals surface area contributed by atoms with Crippen LogP contribution in [0.1, 0.15) is 29.0 Å². The predicted octanol–water partition coefficient (Wildman–Crippen LogP) is 2.50. The number of ether oxygens (including phenoxy) is 2. The molecule has 0 aliphatic rings. The van der Waals surface area contributed by atoms with Crippen molar-refractivity contribution in [1.82, 2.24) is 10.3 Å². The van der Waals surface area contributed by atoms with Crippen LogP contribution in [-0.2, 0) is 0 Å². The van der Waals surface area contributed by atoms with E-state index in [1.54, 1.807) is 31.3 Å². The first-order valence-electron chi connectivity index (χ1n) is 7.10. The van der Waals surface area contributed by atoms with Gasteiger partial charge in [0.15, 0.2) is 11.5 Å². The zero-order chi connectivity index (χ0) is 17.7. The summed E-state index contributed by atoms with van der Waals surface area (Å²) in [5, 5.41) is 14.0. The Morgan fingerprint density at radius 1 is 1.25 bits per heavy atom. The molecule has 24 heavy (non-hydrogen) atoms. The van der Waals surface area contributed by atoms with Gasteiger partial charge in [-0.1, -0.05) is 6.07 Å². The topological polar surface area (TPSA) is 104 Å². The molecule has 1 unspecified atom stereocenters. The van der Waals surface area contributed by atoms with Crippen LogP contribution in [0, 0.1) is 10.1 Å². The van der Waals surface area contributed by atoms with Crippen molar-refractivity contribution < 1.29 is 19.2 Å². The molecule has 1 N–H and O–H groups in total. The molecule has 0 aliphatic carbocycles. The molecule has 1 aromatic heterocycles. The maximum Gasteiger partial charge on any atom is 0.286 e. The Morgan fingerprint density at radius 3 is 2.46 bits per heavy atom. The van der Waals surface area contributed by atoms with Crippen LogP contribution in [-0.4, -0.2) is 30.0 Å². The first-order valence-corrected chi connectivity index (χ1v) is 7.10. The highest BCUT2D eigenvalue weighted by Crippen LogP contribution is 2.34. The number of methoxy groups -OCH3 is 2. The maximum absolute atomic E-state index is 12.5. The van der Waals surface area contributed by atoms with E-state index in [4.69, 9.17) is 9.47 Å². The third kappa shape index (κ3) is 3.60. The second kappa shape index (κ2) is 7.40. The summed E-state index contributed by atoms with van der Waals surface area (Å²) < 4.78 is 10.2. The van der Waals surface area contributed by atoms with Crippen LogP contribution in [0.2, 0.25) is 0 Å². The maximum atomic E-state index is 12.5. The van der Waals surface area contributed by atoms with Gasteiger partial charge in [-0.3, -0.25) is 19.9 Å². The number of nitro benzene ring substituents is 1. The van der Waals surface area contributed by atoms with Crippen molar-refractivity contribution in [1.29, 1.82) is 0 Å². The van der Waals surface area contributed by atoms with E-state index >= 15 is 0 Å². The Bertz CT molecular complexity index is 749. The molecule has 0 bridgehead atoms. The van der Waals surface area contributed by atoms with Crippen molar-refractivity contribution >= 4 is 11.6 Å². The molecular formula is C16H17N3O5. The fourth-order valence-electron chi connectivity index (χ4n) is 2.18. The van der Waals surface area contributed by atoms with Crippen molar-refractivity contribution in [2.45, 2.75) is 13.0 Å². The summed E-state index contributed by atoms with van der Waals surface area (Å²) in [5.74, 6) is -0.182. The lowest BCUT2D eigenvalue weighted by Crippen LogP contribution is -2.27. The number of nitrogens with zero attached hydrogens (tertiary/aromatic N) is 2. The van der Waals surface area contributed by atoms with Crippen LogP contribution in [0.5, 0.6) is 11.5 Å². The van der Waals surface area contributed by atoms with Gasteiger partial charge in [-0.05, 0) is 19.1 Å². The SMILES string of the molecule is COc1cc(C(=O)NC(C)c2ccccn2)c([N+](=O)[O-])cc1OC. The minimum Gasteiger partial charge on any atom is -0.493 e. The standard InChI is InChI=1S/C16H17N3O5/c1-10(12-6-4-5-7-17-12)18-16(20)11-8-14(23-2)15(24-3)9-13(11)19(21)22/h4-10H,1-3H3,(H,18,20). The lowest BCUT2D eigenvalue weighted by atomic mass is 10.1. The highest BCUT2D eigenvalue weighted by atomic mass is 16.6. The molecule has 1 atom stereocenters. The molecule has 8 heteroatoms. The summed E-state index contributed by atoms with van der Waals surface area (Å²) >= 11 is 0. The summed E-state index contributed by atoms with van der Waals surface area (Å²) in [5.41, 5.74) is 0.174. The number of rotatable bonds is 6. The van der Waals surface area contributed by atoms with Crippen LogP contribution in [0.4, 0.5) is 5.69 Å². The summed E-state index contributed by atoms with van der Waals surface area (Å²) in [6.45, 7) is 1.74. The molecule has 8 nitrogen and oxygen atoms in total. The van der Waals surface area contributed by atoms with Gasteiger partial charge in [0, 0.05) is 12.3 Å². The van der Waals surface area contributed by atoms with Gasteiger partial charge < -0.3 is 14.8 Å². The fourth-order valence-corrected chi connectivity index (χ4v) is 2.18.